The van der Waals surface area contributed by atoms with E-state index in [0.29, 0.717) is 23.0 Å². The highest BCUT2D eigenvalue weighted by atomic mass is 35.5. The summed E-state index contributed by atoms with van der Waals surface area (Å²) in [5.41, 5.74) is 1.92. The van der Waals surface area contributed by atoms with Crippen LogP contribution in [0.15, 0.2) is 48.5 Å². The van der Waals surface area contributed by atoms with Crippen LogP contribution in [-0.4, -0.2) is 11.8 Å². The van der Waals surface area contributed by atoms with E-state index in [4.69, 9.17) is 11.6 Å². The van der Waals surface area contributed by atoms with Crippen molar-refractivity contribution in [1.29, 1.82) is 0 Å². The van der Waals surface area contributed by atoms with Gasteiger partial charge >= 0.3 is 0 Å². The fourth-order valence-corrected chi connectivity index (χ4v) is 3.22. The highest BCUT2D eigenvalue weighted by Gasteiger charge is 2.51. The third-order valence-corrected chi connectivity index (χ3v) is 4.82. The number of halogens is 1. The first-order valence-corrected chi connectivity index (χ1v) is 9.24. The quantitative estimate of drug-likeness (QED) is 0.752. The summed E-state index contributed by atoms with van der Waals surface area (Å²) in [6, 6.07) is 14.7. The van der Waals surface area contributed by atoms with Crippen molar-refractivity contribution in [2.24, 2.45) is 5.92 Å². The molecule has 0 spiro atoms. The Hall–Kier alpha value is -2.33. The van der Waals surface area contributed by atoms with Gasteiger partial charge < -0.3 is 10.6 Å². The number of hydrogen-bond acceptors (Lipinski definition) is 2. The Labute approximate surface area is 158 Å². The number of anilines is 2. The van der Waals surface area contributed by atoms with E-state index in [1.807, 2.05) is 38.1 Å². The summed E-state index contributed by atoms with van der Waals surface area (Å²) in [6.07, 6.45) is 2.13. The zero-order chi connectivity index (χ0) is 18.7. The van der Waals surface area contributed by atoms with Crippen molar-refractivity contribution in [1.82, 2.24) is 0 Å². The molecule has 1 aliphatic carbocycles. The Kier molecular flexibility index (Phi) is 5.33. The summed E-state index contributed by atoms with van der Waals surface area (Å²) in [5.74, 6) is 0.292. The SMILES string of the molecule is CC(C)CC(=O)Nc1ccc(NC(=O)C2(c3cccc(Cl)c3)CC2)cc1. The molecule has 0 bridgehead atoms. The molecule has 2 N–H and O–H groups in total. The van der Waals surface area contributed by atoms with Crippen LogP contribution in [0.1, 0.15) is 38.7 Å². The summed E-state index contributed by atoms with van der Waals surface area (Å²) < 4.78 is 0. The van der Waals surface area contributed by atoms with E-state index in [2.05, 4.69) is 10.6 Å². The van der Waals surface area contributed by atoms with E-state index in [9.17, 15) is 9.59 Å². The molecule has 2 amide bonds. The van der Waals surface area contributed by atoms with Gasteiger partial charge in [0.15, 0.2) is 0 Å². The summed E-state index contributed by atoms with van der Waals surface area (Å²) in [6.45, 7) is 4.01. The van der Waals surface area contributed by atoms with Crippen molar-refractivity contribution in [3.63, 3.8) is 0 Å². The maximum Gasteiger partial charge on any atom is 0.235 e. The van der Waals surface area contributed by atoms with Crippen LogP contribution in [0.25, 0.3) is 0 Å². The molecule has 1 fully saturated rings. The lowest BCUT2D eigenvalue weighted by Gasteiger charge is -2.16. The molecule has 2 aromatic rings. The molecule has 3 rings (SSSR count). The molecule has 4 nitrogen and oxygen atoms in total. The number of carbonyl (C=O) groups excluding carboxylic acids is 2. The van der Waals surface area contributed by atoms with Crippen LogP contribution < -0.4 is 10.6 Å². The monoisotopic (exact) mass is 370 g/mol. The van der Waals surface area contributed by atoms with Crippen LogP contribution in [0, 0.1) is 5.92 Å². The zero-order valence-electron chi connectivity index (χ0n) is 15.0. The number of benzene rings is 2. The molecule has 0 heterocycles. The number of nitrogens with one attached hydrogen (secondary N) is 2. The number of hydrogen-bond donors (Lipinski definition) is 2. The number of rotatable bonds is 6. The van der Waals surface area contributed by atoms with Gasteiger partial charge in [-0.05, 0) is 60.7 Å². The van der Waals surface area contributed by atoms with E-state index >= 15 is 0 Å². The molecule has 0 unspecified atom stereocenters. The lowest BCUT2D eigenvalue weighted by atomic mass is 9.95. The highest BCUT2D eigenvalue weighted by Crippen LogP contribution is 2.49. The summed E-state index contributed by atoms with van der Waals surface area (Å²) >= 11 is 6.07. The van der Waals surface area contributed by atoms with E-state index in [-0.39, 0.29) is 11.8 Å². The molecule has 1 aliphatic rings. The van der Waals surface area contributed by atoms with Crippen LogP contribution >= 0.6 is 11.6 Å². The Morgan fingerprint density at radius 3 is 2.19 bits per heavy atom. The van der Waals surface area contributed by atoms with Gasteiger partial charge in [0.05, 0.1) is 5.41 Å². The molecule has 5 heteroatoms. The van der Waals surface area contributed by atoms with Gasteiger partial charge in [0.2, 0.25) is 11.8 Å². The first-order chi connectivity index (χ1) is 12.4. The maximum atomic E-state index is 12.8. The summed E-state index contributed by atoms with van der Waals surface area (Å²) in [4.78, 5) is 24.6. The molecule has 1 saturated carbocycles. The first-order valence-electron chi connectivity index (χ1n) is 8.86. The Morgan fingerprint density at radius 2 is 1.65 bits per heavy atom. The molecular weight excluding hydrogens is 348 g/mol. The minimum atomic E-state index is -0.477. The zero-order valence-corrected chi connectivity index (χ0v) is 15.8. The van der Waals surface area contributed by atoms with Crippen LogP contribution in [0.4, 0.5) is 11.4 Å². The van der Waals surface area contributed by atoms with Crippen molar-refractivity contribution in [2.75, 3.05) is 10.6 Å². The van der Waals surface area contributed by atoms with Gasteiger partial charge in [-0.15, -0.1) is 0 Å². The Bertz CT molecular complexity index is 811. The van der Waals surface area contributed by atoms with Gasteiger partial charge in [0.25, 0.3) is 0 Å². The molecule has 0 aliphatic heterocycles. The van der Waals surface area contributed by atoms with Crippen LogP contribution in [-0.2, 0) is 15.0 Å². The average Bonchev–Trinajstić information content (AvgIpc) is 3.38. The average molecular weight is 371 g/mol. The van der Waals surface area contributed by atoms with Gasteiger partial charge in [-0.2, -0.15) is 0 Å². The normalized spacial score (nSPS) is 14.8. The first kappa shape index (κ1) is 18.5. The molecule has 0 radical (unpaired) electrons. The summed E-state index contributed by atoms with van der Waals surface area (Å²) in [7, 11) is 0. The van der Waals surface area contributed by atoms with Crippen molar-refractivity contribution in [3.8, 4) is 0 Å². The van der Waals surface area contributed by atoms with E-state index < -0.39 is 5.41 Å². The Balaban J connectivity index is 1.64. The maximum absolute atomic E-state index is 12.8. The fourth-order valence-electron chi connectivity index (χ4n) is 3.03. The fraction of sp³-hybridized carbons (Fsp3) is 0.333. The van der Waals surface area contributed by atoms with Gasteiger partial charge in [-0.1, -0.05) is 37.6 Å². The highest BCUT2D eigenvalue weighted by molar-refractivity contribution is 6.30. The molecule has 2 aromatic carbocycles. The van der Waals surface area contributed by atoms with Crippen LogP contribution in [0.2, 0.25) is 5.02 Å². The number of carbonyl (C=O) groups is 2. The Morgan fingerprint density at radius 1 is 1.04 bits per heavy atom. The second-order valence-corrected chi connectivity index (χ2v) is 7.71. The van der Waals surface area contributed by atoms with Crippen molar-refractivity contribution in [3.05, 3.63) is 59.1 Å². The largest absolute Gasteiger partial charge is 0.326 e. The van der Waals surface area contributed by atoms with Gasteiger partial charge in [-0.3, -0.25) is 9.59 Å². The van der Waals surface area contributed by atoms with Crippen LogP contribution in [0.5, 0.6) is 0 Å². The van der Waals surface area contributed by atoms with E-state index in [1.54, 1.807) is 24.3 Å². The van der Waals surface area contributed by atoms with Gasteiger partial charge in [0, 0.05) is 22.8 Å². The minimum absolute atomic E-state index is 0.00493. The lowest BCUT2D eigenvalue weighted by Crippen LogP contribution is -2.27. The second kappa shape index (κ2) is 7.50. The van der Waals surface area contributed by atoms with E-state index in [1.165, 1.54) is 0 Å². The van der Waals surface area contributed by atoms with E-state index in [0.717, 1.165) is 24.1 Å². The molecule has 0 aromatic heterocycles. The van der Waals surface area contributed by atoms with Crippen LogP contribution in [0.3, 0.4) is 0 Å². The summed E-state index contributed by atoms with van der Waals surface area (Å²) in [5, 5.41) is 6.48. The number of amides is 2. The molecule has 136 valence electrons. The molecule has 0 saturated heterocycles. The van der Waals surface area contributed by atoms with Crippen molar-refractivity contribution in [2.45, 2.75) is 38.5 Å². The predicted octanol–water partition coefficient (Wildman–Crippen LogP) is 4.99. The van der Waals surface area contributed by atoms with Crippen molar-refractivity contribution < 1.29 is 9.59 Å². The molecular formula is C21H23ClN2O2. The third-order valence-electron chi connectivity index (χ3n) is 4.58. The van der Waals surface area contributed by atoms with Crippen molar-refractivity contribution >= 4 is 34.8 Å². The smallest absolute Gasteiger partial charge is 0.235 e. The van der Waals surface area contributed by atoms with Gasteiger partial charge in [-0.25, -0.2) is 0 Å². The molecule has 26 heavy (non-hydrogen) atoms. The van der Waals surface area contributed by atoms with Gasteiger partial charge in [0.1, 0.15) is 0 Å². The predicted molar refractivity (Wildman–Crippen MR) is 106 cm³/mol. The minimum Gasteiger partial charge on any atom is -0.326 e. The second-order valence-electron chi connectivity index (χ2n) is 7.27. The molecule has 0 atom stereocenters. The topological polar surface area (TPSA) is 58.2 Å². The third kappa shape index (κ3) is 4.25. The lowest BCUT2D eigenvalue weighted by molar-refractivity contribution is -0.118. The standard InChI is InChI=1S/C21H23ClN2O2/c1-14(2)12-19(25)23-17-6-8-18(9-7-17)24-20(26)21(10-11-21)15-4-3-5-16(22)13-15/h3-9,13-14H,10-12H2,1-2H3,(H,23,25)(H,24,26).